The van der Waals surface area contributed by atoms with Crippen molar-refractivity contribution in [3.05, 3.63) is 120 Å². The summed E-state index contributed by atoms with van der Waals surface area (Å²) in [6.07, 6.45) is 0.797. The molecule has 0 spiro atoms. The Balaban J connectivity index is 1.32. The third-order valence-electron chi connectivity index (χ3n) is 4.81. The minimum atomic E-state index is 0.569. The van der Waals surface area contributed by atoms with Gasteiger partial charge >= 0.3 is 0 Å². The van der Waals surface area contributed by atoms with Gasteiger partial charge in [-0.25, -0.2) is 0 Å². The van der Waals surface area contributed by atoms with Gasteiger partial charge in [-0.3, -0.25) is 0 Å². The maximum Gasteiger partial charge on any atom is 0.123 e. The first-order valence-corrected chi connectivity index (χ1v) is 9.91. The lowest BCUT2D eigenvalue weighted by atomic mass is 10.1. The van der Waals surface area contributed by atoms with Crippen molar-refractivity contribution in [3.8, 4) is 22.6 Å². The molecule has 0 N–H and O–H groups in total. The molecule has 0 saturated carbocycles. The molecule has 0 fully saturated rings. The molecule has 0 aliphatic heterocycles. The Bertz CT molecular complexity index is 1010. The average Bonchev–Trinajstić information content (AvgIpc) is 2.80. The Morgan fingerprint density at radius 3 is 1.90 bits per heavy atom. The molecule has 0 atom stereocenters. The van der Waals surface area contributed by atoms with Crippen LogP contribution in [0.4, 0.5) is 0 Å². The van der Waals surface area contributed by atoms with Crippen LogP contribution in [0, 0.1) is 0 Å². The molecule has 29 heavy (non-hydrogen) atoms. The van der Waals surface area contributed by atoms with E-state index in [2.05, 4.69) is 54.6 Å². The van der Waals surface area contributed by atoms with Crippen LogP contribution in [0.5, 0.6) is 11.5 Å². The van der Waals surface area contributed by atoms with E-state index in [0.29, 0.717) is 13.2 Å². The minimum absolute atomic E-state index is 0.569. The molecule has 2 heteroatoms. The molecule has 4 rings (SSSR count). The van der Waals surface area contributed by atoms with E-state index in [4.69, 9.17) is 9.47 Å². The summed E-state index contributed by atoms with van der Waals surface area (Å²) in [6.45, 7) is 1.18. The molecule has 0 radical (unpaired) electrons. The Hall–Kier alpha value is -3.52. The lowest BCUT2D eigenvalue weighted by Crippen LogP contribution is -2.04. The van der Waals surface area contributed by atoms with Crippen molar-refractivity contribution in [2.75, 3.05) is 6.61 Å². The second-order valence-electron chi connectivity index (χ2n) is 6.87. The summed E-state index contributed by atoms with van der Waals surface area (Å²) in [5.74, 6) is 1.80. The Morgan fingerprint density at radius 2 is 1.14 bits per heavy atom. The van der Waals surface area contributed by atoms with Gasteiger partial charge in [0.05, 0.1) is 6.61 Å². The summed E-state index contributed by atoms with van der Waals surface area (Å²) >= 11 is 0. The Labute approximate surface area is 172 Å². The molecule has 4 aromatic carbocycles. The SMILES string of the molecule is c1ccc(COc2ccccc2CCOc2ccc(-c3ccccc3)cc2)cc1. The summed E-state index contributed by atoms with van der Waals surface area (Å²) in [5.41, 5.74) is 4.72. The number of hydrogen-bond acceptors (Lipinski definition) is 2. The molecule has 0 aliphatic carbocycles. The van der Waals surface area contributed by atoms with Crippen molar-refractivity contribution in [3.63, 3.8) is 0 Å². The summed E-state index contributed by atoms with van der Waals surface area (Å²) in [7, 11) is 0. The number of benzene rings is 4. The molecule has 0 unspecified atom stereocenters. The van der Waals surface area contributed by atoms with Gasteiger partial charge in [0, 0.05) is 6.42 Å². The average molecular weight is 380 g/mol. The van der Waals surface area contributed by atoms with E-state index in [0.717, 1.165) is 29.0 Å². The molecular weight excluding hydrogens is 356 g/mol. The van der Waals surface area contributed by atoms with Gasteiger partial charge in [0.2, 0.25) is 0 Å². The standard InChI is InChI=1S/C27H24O2/c1-3-9-22(10-4-1)21-29-27-14-8-7-13-25(27)19-20-28-26-17-15-24(16-18-26)23-11-5-2-6-12-23/h1-18H,19-21H2. The van der Waals surface area contributed by atoms with Gasteiger partial charge in [0.15, 0.2) is 0 Å². The molecule has 0 saturated heterocycles. The van der Waals surface area contributed by atoms with Crippen LogP contribution in [0.3, 0.4) is 0 Å². The van der Waals surface area contributed by atoms with E-state index < -0.39 is 0 Å². The maximum atomic E-state index is 6.04. The van der Waals surface area contributed by atoms with Crippen molar-refractivity contribution in [1.82, 2.24) is 0 Å². The van der Waals surface area contributed by atoms with Crippen LogP contribution in [-0.2, 0) is 13.0 Å². The highest BCUT2D eigenvalue weighted by molar-refractivity contribution is 5.63. The predicted molar refractivity (Wildman–Crippen MR) is 118 cm³/mol. The first kappa shape index (κ1) is 18.8. The van der Waals surface area contributed by atoms with E-state index in [1.54, 1.807) is 0 Å². The second-order valence-corrected chi connectivity index (χ2v) is 6.87. The molecule has 0 bridgehead atoms. The second kappa shape index (κ2) is 9.61. The molecule has 144 valence electrons. The summed E-state index contributed by atoms with van der Waals surface area (Å²) < 4.78 is 12.0. The Kier molecular flexibility index (Phi) is 6.24. The largest absolute Gasteiger partial charge is 0.493 e. The smallest absolute Gasteiger partial charge is 0.123 e. The van der Waals surface area contributed by atoms with Gasteiger partial charge in [0.25, 0.3) is 0 Å². The first-order chi connectivity index (χ1) is 14.4. The fourth-order valence-corrected chi connectivity index (χ4v) is 3.24. The van der Waals surface area contributed by atoms with E-state index in [1.807, 2.05) is 54.6 Å². The molecule has 0 heterocycles. The quantitative estimate of drug-likeness (QED) is 0.345. The van der Waals surface area contributed by atoms with Gasteiger partial charge in [-0.1, -0.05) is 91.0 Å². The van der Waals surface area contributed by atoms with Crippen molar-refractivity contribution in [1.29, 1.82) is 0 Å². The highest BCUT2D eigenvalue weighted by atomic mass is 16.5. The van der Waals surface area contributed by atoms with Crippen molar-refractivity contribution in [2.24, 2.45) is 0 Å². The topological polar surface area (TPSA) is 18.5 Å². The fourth-order valence-electron chi connectivity index (χ4n) is 3.24. The molecule has 4 aromatic rings. The predicted octanol–water partition coefficient (Wildman–Crippen LogP) is 6.55. The summed E-state index contributed by atoms with van der Waals surface area (Å²) in [6, 6.07) is 37.0. The zero-order chi connectivity index (χ0) is 19.7. The van der Waals surface area contributed by atoms with E-state index in [1.165, 1.54) is 11.1 Å². The fraction of sp³-hybridized carbons (Fsp3) is 0.111. The minimum Gasteiger partial charge on any atom is -0.493 e. The lowest BCUT2D eigenvalue weighted by Gasteiger charge is -2.12. The van der Waals surface area contributed by atoms with Crippen molar-refractivity contribution >= 4 is 0 Å². The van der Waals surface area contributed by atoms with Gasteiger partial charge in [-0.05, 0) is 40.5 Å². The highest BCUT2D eigenvalue weighted by Gasteiger charge is 2.05. The van der Waals surface area contributed by atoms with Gasteiger partial charge in [0.1, 0.15) is 18.1 Å². The van der Waals surface area contributed by atoms with Gasteiger partial charge in [-0.15, -0.1) is 0 Å². The summed E-state index contributed by atoms with van der Waals surface area (Å²) in [5, 5.41) is 0. The van der Waals surface area contributed by atoms with Crippen LogP contribution in [0.2, 0.25) is 0 Å². The molecule has 0 amide bonds. The molecule has 0 aliphatic rings. The molecule has 0 aromatic heterocycles. The zero-order valence-electron chi connectivity index (χ0n) is 16.3. The zero-order valence-corrected chi connectivity index (χ0v) is 16.3. The van der Waals surface area contributed by atoms with Crippen molar-refractivity contribution in [2.45, 2.75) is 13.0 Å². The first-order valence-electron chi connectivity index (χ1n) is 9.91. The van der Waals surface area contributed by atoms with E-state index in [9.17, 15) is 0 Å². The lowest BCUT2D eigenvalue weighted by molar-refractivity contribution is 0.293. The number of ether oxygens (including phenoxy) is 2. The van der Waals surface area contributed by atoms with E-state index in [-0.39, 0.29) is 0 Å². The molecular formula is C27H24O2. The van der Waals surface area contributed by atoms with Crippen LogP contribution in [0.25, 0.3) is 11.1 Å². The Morgan fingerprint density at radius 1 is 0.517 bits per heavy atom. The van der Waals surface area contributed by atoms with Gasteiger partial charge < -0.3 is 9.47 Å². The number of para-hydroxylation sites is 1. The molecule has 2 nitrogen and oxygen atoms in total. The highest BCUT2D eigenvalue weighted by Crippen LogP contribution is 2.23. The van der Waals surface area contributed by atoms with Crippen LogP contribution >= 0.6 is 0 Å². The third-order valence-corrected chi connectivity index (χ3v) is 4.81. The summed E-state index contributed by atoms with van der Waals surface area (Å²) in [4.78, 5) is 0. The third kappa shape index (κ3) is 5.26. The van der Waals surface area contributed by atoms with Crippen LogP contribution in [0.1, 0.15) is 11.1 Å². The van der Waals surface area contributed by atoms with Crippen LogP contribution in [0.15, 0.2) is 109 Å². The van der Waals surface area contributed by atoms with Gasteiger partial charge in [-0.2, -0.15) is 0 Å². The maximum absolute atomic E-state index is 6.04. The van der Waals surface area contributed by atoms with Crippen LogP contribution in [-0.4, -0.2) is 6.61 Å². The van der Waals surface area contributed by atoms with E-state index >= 15 is 0 Å². The normalized spacial score (nSPS) is 10.5. The number of hydrogen-bond donors (Lipinski definition) is 0. The monoisotopic (exact) mass is 380 g/mol. The number of rotatable bonds is 8. The van der Waals surface area contributed by atoms with Crippen molar-refractivity contribution < 1.29 is 9.47 Å². The van der Waals surface area contributed by atoms with Crippen LogP contribution < -0.4 is 9.47 Å².